The minimum atomic E-state index is -4.15. The van der Waals surface area contributed by atoms with E-state index < -0.39 is 28.5 Å². The lowest BCUT2D eigenvalue weighted by atomic mass is 10.1. The lowest BCUT2D eigenvalue weighted by molar-refractivity contribution is -0.140. The van der Waals surface area contributed by atoms with Crippen LogP contribution in [0.5, 0.6) is 0 Å². The van der Waals surface area contributed by atoms with E-state index in [0.717, 1.165) is 33.8 Å². The Morgan fingerprint density at radius 3 is 2.23 bits per heavy atom. The van der Waals surface area contributed by atoms with E-state index in [1.807, 2.05) is 58.0 Å². The number of benzene rings is 3. The number of sulfonamides is 1. The second-order valence-electron chi connectivity index (χ2n) is 9.83. The molecule has 0 aliphatic heterocycles. The zero-order chi connectivity index (χ0) is 29.3. The van der Waals surface area contributed by atoms with Gasteiger partial charge >= 0.3 is 0 Å². The number of nitrogens with zero attached hydrogens (tertiary/aromatic N) is 2. The van der Waals surface area contributed by atoms with Gasteiger partial charge in [-0.05, 0) is 62.1 Å². The highest BCUT2D eigenvalue weighted by molar-refractivity contribution is 7.92. The summed E-state index contributed by atoms with van der Waals surface area (Å²) < 4.78 is 28.9. The third kappa shape index (κ3) is 7.86. The predicted molar refractivity (Wildman–Crippen MR) is 161 cm³/mol. The predicted octanol–water partition coefficient (Wildman–Crippen LogP) is 5.88. The Bertz CT molecular complexity index is 1400. The van der Waals surface area contributed by atoms with Crippen molar-refractivity contribution in [3.63, 3.8) is 0 Å². The number of unbranched alkanes of at least 4 members (excludes halogenated alkanes) is 1. The Kier molecular flexibility index (Phi) is 11.2. The molecule has 9 heteroatoms. The average molecular weight is 584 g/mol. The zero-order valence-electron chi connectivity index (χ0n) is 23.6. The van der Waals surface area contributed by atoms with Crippen LogP contribution >= 0.6 is 11.6 Å². The van der Waals surface area contributed by atoms with Crippen molar-refractivity contribution in [2.24, 2.45) is 0 Å². The van der Waals surface area contributed by atoms with Gasteiger partial charge in [0, 0.05) is 18.1 Å². The quantitative estimate of drug-likeness (QED) is 0.255. The van der Waals surface area contributed by atoms with Crippen molar-refractivity contribution in [2.45, 2.75) is 64.4 Å². The third-order valence-corrected chi connectivity index (χ3v) is 8.94. The van der Waals surface area contributed by atoms with Crippen LogP contribution in [0.4, 0.5) is 5.69 Å². The first-order valence-corrected chi connectivity index (χ1v) is 15.4. The van der Waals surface area contributed by atoms with E-state index in [0.29, 0.717) is 18.0 Å². The Morgan fingerprint density at radius 2 is 1.62 bits per heavy atom. The van der Waals surface area contributed by atoms with E-state index in [1.54, 1.807) is 30.3 Å². The highest BCUT2D eigenvalue weighted by atomic mass is 35.5. The van der Waals surface area contributed by atoms with Crippen molar-refractivity contribution in [3.05, 3.63) is 94.5 Å². The van der Waals surface area contributed by atoms with Gasteiger partial charge in [-0.2, -0.15) is 0 Å². The highest BCUT2D eigenvalue weighted by Gasteiger charge is 2.33. The van der Waals surface area contributed by atoms with E-state index in [1.165, 1.54) is 17.0 Å². The van der Waals surface area contributed by atoms with Gasteiger partial charge in [-0.1, -0.05) is 86.0 Å². The highest BCUT2D eigenvalue weighted by Crippen LogP contribution is 2.29. The van der Waals surface area contributed by atoms with Gasteiger partial charge in [-0.15, -0.1) is 0 Å². The molecule has 7 nitrogen and oxygen atoms in total. The van der Waals surface area contributed by atoms with Crippen molar-refractivity contribution in [1.82, 2.24) is 10.2 Å². The monoisotopic (exact) mass is 583 g/mol. The van der Waals surface area contributed by atoms with Gasteiger partial charge in [0.15, 0.2) is 0 Å². The number of aryl methyl sites for hydroxylation is 2. The molecule has 0 radical (unpaired) electrons. The van der Waals surface area contributed by atoms with Crippen LogP contribution in [-0.4, -0.2) is 44.3 Å². The summed E-state index contributed by atoms with van der Waals surface area (Å²) in [6, 6.07) is 20.0. The van der Waals surface area contributed by atoms with Crippen LogP contribution in [0, 0.1) is 13.8 Å². The lowest BCUT2D eigenvalue weighted by Gasteiger charge is -2.33. The number of rotatable bonds is 13. The van der Waals surface area contributed by atoms with Gasteiger partial charge in [0.05, 0.1) is 10.6 Å². The number of nitrogens with one attached hydrogen (secondary N) is 1. The van der Waals surface area contributed by atoms with Crippen LogP contribution in [0.15, 0.2) is 77.7 Å². The molecule has 1 N–H and O–H groups in total. The Hall–Kier alpha value is -3.36. The van der Waals surface area contributed by atoms with Crippen molar-refractivity contribution in [3.8, 4) is 0 Å². The fraction of sp³-hybridized carbons (Fsp3) is 0.355. The van der Waals surface area contributed by atoms with Gasteiger partial charge in [0.1, 0.15) is 12.6 Å². The Labute approximate surface area is 243 Å². The second kappa shape index (κ2) is 14.3. The van der Waals surface area contributed by atoms with Gasteiger partial charge in [-0.25, -0.2) is 8.42 Å². The van der Waals surface area contributed by atoms with Crippen LogP contribution in [0.25, 0.3) is 0 Å². The maximum atomic E-state index is 14.1. The number of hydrogen-bond acceptors (Lipinski definition) is 4. The van der Waals surface area contributed by atoms with Crippen molar-refractivity contribution in [2.75, 3.05) is 17.4 Å². The molecular weight excluding hydrogens is 546 g/mol. The molecule has 0 spiro atoms. The van der Waals surface area contributed by atoms with E-state index in [-0.39, 0.29) is 23.0 Å². The molecule has 0 heterocycles. The summed E-state index contributed by atoms with van der Waals surface area (Å²) in [5.41, 5.74) is 2.80. The molecule has 3 aromatic carbocycles. The Balaban J connectivity index is 2.04. The van der Waals surface area contributed by atoms with E-state index in [2.05, 4.69) is 5.32 Å². The van der Waals surface area contributed by atoms with Crippen molar-refractivity contribution in [1.29, 1.82) is 0 Å². The summed E-state index contributed by atoms with van der Waals surface area (Å²) in [5, 5.41) is 3.32. The third-order valence-electron chi connectivity index (χ3n) is 6.74. The standard InChI is InChI=1S/C31H38ClN3O4S/c1-5-7-19-33-31(37)29(6-2)34(21-25-11-9-8-10-12-25)30(36)22-35(26-16-15-24(4)28(32)20-26)40(38,39)27-17-13-23(3)14-18-27/h8-18,20,29H,5-7,19,21-22H2,1-4H3,(H,33,37). The fourth-order valence-corrected chi connectivity index (χ4v) is 5.89. The van der Waals surface area contributed by atoms with Crippen molar-refractivity contribution < 1.29 is 18.0 Å². The number of anilines is 1. The summed E-state index contributed by atoms with van der Waals surface area (Å²) in [6.07, 6.45) is 2.12. The SMILES string of the molecule is CCCCNC(=O)C(CC)N(Cc1ccccc1)C(=O)CN(c1ccc(C)c(Cl)c1)S(=O)(=O)c1ccc(C)cc1. The number of hydrogen-bond donors (Lipinski definition) is 1. The molecule has 0 fully saturated rings. The number of halogens is 1. The molecule has 0 aliphatic carbocycles. The van der Waals surface area contributed by atoms with Crippen LogP contribution in [0.3, 0.4) is 0 Å². The molecule has 0 saturated heterocycles. The topological polar surface area (TPSA) is 86.8 Å². The maximum Gasteiger partial charge on any atom is 0.264 e. The molecule has 0 saturated carbocycles. The van der Waals surface area contributed by atoms with E-state index in [9.17, 15) is 18.0 Å². The van der Waals surface area contributed by atoms with Crippen LogP contribution in [0.1, 0.15) is 49.8 Å². The molecule has 2 amide bonds. The molecule has 1 unspecified atom stereocenters. The van der Waals surface area contributed by atoms with Crippen molar-refractivity contribution >= 4 is 39.1 Å². The lowest BCUT2D eigenvalue weighted by Crippen LogP contribution is -2.52. The largest absolute Gasteiger partial charge is 0.354 e. The maximum absolute atomic E-state index is 14.1. The van der Waals surface area contributed by atoms with Crippen LogP contribution < -0.4 is 9.62 Å². The normalized spacial score (nSPS) is 12.0. The summed E-state index contributed by atoms with van der Waals surface area (Å²) >= 11 is 6.39. The van der Waals surface area contributed by atoms with E-state index in [4.69, 9.17) is 11.6 Å². The fourth-order valence-electron chi connectivity index (χ4n) is 4.31. The molecule has 0 aromatic heterocycles. The summed E-state index contributed by atoms with van der Waals surface area (Å²) in [4.78, 5) is 28.8. The first-order valence-electron chi connectivity index (χ1n) is 13.5. The molecule has 0 bridgehead atoms. The first kappa shape index (κ1) is 31.2. The average Bonchev–Trinajstić information content (AvgIpc) is 2.94. The first-order chi connectivity index (χ1) is 19.1. The number of amides is 2. The smallest absolute Gasteiger partial charge is 0.264 e. The van der Waals surface area contributed by atoms with Gasteiger partial charge in [0.2, 0.25) is 11.8 Å². The molecular formula is C31H38ClN3O4S. The summed E-state index contributed by atoms with van der Waals surface area (Å²) in [5.74, 6) is -0.750. The van der Waals surface area contributed by atoms with E-state index >= 15 is 0 Å². The van der Waals surface area contributed by atoms with Crippen LogP contribution in [-0.2, 0) is 26.2 Å². The molecule has 1 atom stereocenters. The molecule has 3 aromatic rings. The van der Waals surface area contributed by atoms with Gasteiger partial charge in [0.25, 0.3) is 10.0 Å². The summed E-state index contributed by atoms with van der Waals surface area (Å²) in [6.45, 7) is 7.74. The molecule has 0 aliphatic rings. The number of carbonyl (C=O) groups is 2. The van der Waals surface area contributed by atoms with Crippen LogP contribution in [0.2, 0.25) is 5.02 Å². The molecule has 40 heavy (non-hydrogen) atoms. The molecule has 3 rings (SSSR count). The number of carbonyl (C=O) groups excluding carboxylic acids is 2. The minimum Gasteiger partial charge on any atom is -0.354 e. The minimum absolute atomic E-state index is 0.0570. The van der Waals surface area contributed by atoms with Gasteiger partial charge in [-0.3, -0.25) is 13.9 Å². The second-order valence-corrected chi connectivity index (χ2v) is 12.1. The van der Waals surface area contributed by atoms with Gasteiger partial charge < -0.3 is 10.2 Å². The Morgan fingerprint density at radius 1 is 0.950 bits per heavy atom. The zero-order valence-corrected chi connectivity index (χ0v) is 25.1. The summed E-state index contributed by atoms with van der Waals surface area (Å²) in [7, 11) is -4.15. The molecule has 214 valence electrons.